The van der Waals surface area contributed by atoms with E-state index in [0.29, 0.717) is 25.2 Å². The number of rotatable bonds is 6. The summed E-state index contributed by atoms with van der Waals surface area (Å²) in [6.45, 7) is 6.91. The van der Waals surface area contributed by atoms with E-state index in [4.69, 9.17) is 9.47 Å². The monoisotopic (exact) mass is 364 g/mol. The number of halogens is 1. The number of benzene rings is 1. The Morgan fingerprint density at radius 1 is 1.35 bits per heavy atom. The SMILES string of the molecule is COCCOCC(=O)N1CC[C@H]2[C@@H](C1)CC(C)(C)N2c1cccc(F)c1. The van der Waals surface area contributed by atoms with Gasteiger partial charge in [-0.2, -0.15) is 0 Å². The number of amides is 1. The third-order valence-corrected chi connectivity index (χ3v) is 5.54. The molecule has 2 aliphatic rings. The molecule has 2 saturated heterocycles. The molecule has 0 unspecified atom stereocenters. The van der Waals surface area contributed by atoms with Crippen LogP contribution in [0.5, 0.6) is 0 Å². The van der Waals surface area contributed by atoms with Crippen molar-refractivity contribution in [3.05, 3.63) is 30.1 Å². The van der Waals surface area contributed by atoms with Crippen LogP contribution < -0.4 is 4.90 Å². The molecule has 1 aromatic carbocycles. The number of carbonyl (C=O) groups is 1. The lowest BCUT2D eigenvalue weighted by atomic mass is 9.90. The van der Waals surface area contributed by atoms with Gasteiger partial charge in [-0.1, -0.05) is 6.07 Å². The molecule has 0 radical (unpaired) electrons. The Labute approximate surface area is 155 Å². The van der Waals surface area contributed by atoms with Crippen LogP contribution in [0.25, 0.3) is 0 Å². The van der Waals surface area contributed by atoms with Crippen molar-refractivity contribution in [2.45, 2.75) is 38.3 Å². The van der Waals surface area contributed by atoms with Crippen molar-refractivity contribution in [3.8, 4) is 0 Å². The predicted octanol–water partition coefficient (Wildman–Crippen LogP) is 2.69. The number of piperidine rings is 1. The Hall–Kier alpha value is -1.66. The van der Waals surface area contributed by atoms with Gasteiger partial charge < -0.3 is 19.3 Å². The molecule has 3 rings (SSSR count). The summed E-state index contributed by atoms with van der Waals surface area (Å²) in [5, 5.41) is 0. The van der Waals surface area contributed by atoms with Gasteiger partial charge in [-0.3, -0.25) is 4.79 Å². The smallest absolute Gasteiger partial charge is 0.248 e. The molecule has 0 bridgehead atoms. The quantitative estimate of drug-likeness (QED) is 0.728. The summed E-state index contributed by atoms with van der Waals surface area (Å²) >= 11 is 0. The highest BCUT2D eigenvalue weighted by Crippen LogP contribution is 2.44. The zero-order valence-corrected chi connectivity index (χ0v) is 15.9. The number of ether oxygens (including phenoxy) is 2. The molecule has 1 amide bonds. The molecule has 2 fully saturated rings. The van der Waals surface area contributed by atoms with Crippen molar-refractivity contribution < 1.29 is 18.7 Å². The first kappa shape index (κ1) is 19.1. The van der Waals surface area contributed by atoms with Gasteiger partial charge in [-0.05, 0) is 50.8 Å². The summed E-state index contributed by atoms with van der Waals surface area (Å²) in [5.41, 5.74) is 0.877. The highest BCUT2D eigenvalue weighted by atomic mass is 19.1. The summed E-state index contributed by atoms with van der Waals surface area (Å²) < 4.78 is 24.0. The number of carbonyl (C=O) groups excluding carboxylic acids is 1. The van der Waals surface area contributed by atoms with Crippen molar-refractivity contribution in [2.75, 3.05) is 44.9 Å². The van der Waals surface area contributed by atoms with Crippen molar-refractivity contribution in [2.24, 2.45) is 5.92 Å². The third-order valence-electron chi connectivity index (χ3n) is 5.54. The van der Waals surface area contributed by atoms with Crippen LogP contribution in [0.15, 0.2) is 24.3 Å². The Kier molecular flexibility index (Phi) is 5.82. The van der Waals surface area contributed by atoms with Crippen LogP contribution in [0.2, 0.25) is 0 Å². The van der Waals surface area contributed by atoms with Gasteiger partial charge in [0, 0.05) is 37.5 Å². The van der Waals surface area contributed by atoms with E-state index in [1.54, 1.807) is 19.2 Å². The lowest BCUT2D eigenvalue weighted by molar-refractivity contribution is -0.138. The summed E-state index contributed by atoms with van der Waals surface area (Å²) in [6.07, 6.45) is 1.89. The Balaban J connectivity index is 1.65. The van der Waals surface area contributed by atoms with E-state index in [1.165, 1.54) is 6.07 Å². The maximum Gasteiger partial charge on any atom is 0.248 e. The average molecular weight is 364 g/mol. The summed E-state index contributed by atoms with van der Waals surface area (Å²) in [6, 6.07) is 7.18. The zero-order chi connectivity index (χ0) is 18.7. The number of nitrogens with zero attached hydrogens (tertiary/aromatic N) is 2. The Bertz CT molecular complexity index is 637. The van der Waals surface area contributed by atoms with E-state index < -0.39 is 0 Å². The van der Waals surface area contributed by atoms with Gasteiger partial charge in [-0.15, -0.1) is 0 Å². The number of fused-ring (bicyclic) bond motifs is 1. The van der Waals surface area contributed by atoms with E-state index in [1.807, 2.05) is 11.0 Å². The number of likely N-dealkylation sites (tertiary alicyclic amines) is 1. The second-order valence-electron chi connectivity index (χ2n) is 7.87. The molecule has 0 aliphatic carbocycles. The molecule has 1 aromatic rings. The predicted molar refractivity (Wildman–Crippen MR) is 98.7 cm³/mol. The van der Waals surface area contributed by atoms with E-state index in [2.05, 4.69) is 18.7 Å². The molecule has 2 aliphatic heterocycles. The van der Waals surface area contributed by atoms with Gasteiger partial charge in [0.1, 0.15) is 12.4 Å². The minimum atomic E-state index is -0.206. The molecule has 144 valence electrons. The van der Waals surface area contributed by atoms with Crippen LogP contribution >= 0.6 is 0 Å². The molecule has 2 atom stereocenters. The first-order valence-electron chi connectivity index (χ1n) is 9.32. The van der Waals surface area contributed by atoms with Gasteiger partial charge in [0.2, 0.25) is 5.91 Å². The molecular weight excluding hydrogens is 335 g/mol. The van der Waals surface area contributed by atoms with Gasteiger partial charge in [-0.25, -0.2) is 4.39 Å². The van der Waals surface area contributed by atoms with Crippen LogP contribution in [0.3, 0.4) is 0 Å². The minimum Gasteiger partial charge on any atom is -0.382 e. The minimum absolute atomic E-state index is 0.0431. The second kappa shape index (κ2) is 7.92. The lowest BCUT2D eigenvalue weighted by Crippen LogP contribution is -2.51. The fourth-order valence-corrected chi connectivity index (χ4v) is 4.54. The highest BCUT2D eigenvalue weighted by Gasteiger charge is 2.48. The number of hydrogen-bond acceptors (Lipinski definition) is 4. The van der Waals surface area contributed by atoms with Gasteiger partial charge in [0.15, 0.2) is 0 Å². The maximum atomic E-state index is 13.7. The van der Waals surface area contributed by atoms with Crippen LogP contribution in [-0.2, 0) is 14.3 Å². The van der Waals surface area contributed by atoms with E-state index >= 15 is 0 Å². The van der Waals surface area contributed by atoms with Crippen LogP contribution in [0, 0.1) is 11.7 Å². The van der Waals surface area contributed by atoms with Crippen molar-refractivity contribution >= 4 is 11.6 Å². The Morgan fingerprint density at radius 3 is 2.88 bits per heavy atom. The van der Waals surface area contributed by atoms with Gasteiger partial charge in [0.05, 0.1) is 13.2 Å². The number of methoxy groups -OCH3 is 1. The molecule has 0 N–H and O–H groups in total. The molecule has 0 aromatic heterocycles. The van der Waals surface area contributed by atoms with Crippen LogP contribution in [-0.4, -0.2) is 62.4 Å². The molecule has 5 nitrogen and oxygen atoms in total. The summed E-state index contributed by atoms with van der Waals surface area (Å²) in [5.74, 6) is 0.231. The highest BCUT2D eigenvalue weighted by molar-refractivity contribution is 5.77. The van der Waals surface area contributed by atoms with Crippen LogP contribution in [0.1, 0.15) is 26.7 Å². The first-order valence-corrected chi connectivity index (χ1v) is 9.32. The van der Waals surface area contributed by atoms with Crippen molar-refractivity contribution in [3.63, 3.8) is 0 Å². The standard InChI is InChI=1S/C20H29FN2O3/c1-20(2)12-15-13-22(19(24)14-26-10-9-25-3)8-7-18(15)23(20)17-6-4-5-16(21)11-17/h4-6,11,15,18H,7-10,12-14H2,1-3H3/t15-,18+/m1/s1. The van der Waals surface area contributed by atoms with Crippen molar-refractivity contribution in [1.82, 2.24) is 4.90 Å². The molecule has 0 spiro atoms. The summed E-state index contributed by atoms with van der Waals surface area (Å²) in [7, 11) is 1.61. The van der Waals surface area contributed by atoms with E-state index in [-0.39, 0.29) is 23.9 Å². The molecule has 26 heavy (non-hydrogen) atoms. The molecule has 2 heterocycles. The average Bonchev–Trinajstić information content (AvgIpc) is 2.87. The van der Waals surface area contributed by atoms with Gasteiger partial charge >= 0.3 is 0 Å². The zero-order valence-electron chi connectivity index (χ0n) is 15.9. The molecule has 0 saturated carbocycles. The van der Waals surface area contributed by atoms with E-state index in [9.17, 15) is 9.18 Å². The fraction of sp³-hybridized carbons (Fsp3) is 0.650. The topological polar surface area (TPSA) is 42.0 Å². The third kappa shape index (κ3) is 4.01. The van der Waals surface area contributed by atoms with Crippen molar-refractivity contribution in [1.29, 1.82) is 0 Å². The first-order chi connectivity index (χ1) is 12.4. The van der Waals surface area contributed by atoms with E-state index in [0.717, 1.165) is 31.6 Å². The molecule has 6 heteroatoms. The number of anilines is 1. The summed E-state index contributed by atoms with van der Waals surface area (Å²) in [4.78, 5) is 16.7. The second-order valence-corrected chi connectivity index (χ2v) is 7.87. The number of hydrogen-bond donors (Lipinski definition) is 0. The van der Waals surface area contributed by atoms with Crippen LogP contribution in [0.4, 0.5) is 10.1 Å². The fourth-order valence-electron chi connectivity index (χ4n) is 4.54. The normalized spacial score (nSPS) is 24.6. The van der Waals surface area contributed by atoms with Gasteiger partial charge in [0.25, 0.3) is 0 Å². The Morgan fingerprint density at radius 2 is 2.15 bits per heavy atom. The lowest BCUT2D eigenvalue weighted by Gasteiger charge is -2.41. The molecular formula is C20H29FN2O3. The largest absolute Gasteiger partial charge is 0.382 e. The maximum absolute atomic E-state index is 13.7.